The minimum Gasteiger partial charge on any atom is -0.299 e. The molecular weight excluding hydrogens is 324 g/mol. The summed E-state index contributed by atoms with van der Waals surface area (Å²) in [5, 5.41) is 3.26. The van der Waals surface area contributed by atoms with Crippen molar-refractivity contribution in [3.05, 3.63) is 81.4 Å². The predicted octanol–water partition coefficient (Wildman–Crippen LogP) is 2.86. The lowest BCUT2D eigenvalue weighted by Crippen LogP contribution is -2.37. The Balaban J connectivity index is 1.54. The van der Waals surface area contributed by atoms with E-state index in [0.717, 1.165) is 37.1 Å². The maximum atomic E-state index is 12.9. The first-order valence-corrected chi connectivity index (χ1v) is 9.12. The summed E-state index contributed by atoms with van der Waals surface area (Å²) in [6.07, 6.45) is 4.44. The minimum absolute atomic E-state index is 0.0346. The average molecular weight is 348 g/mol. The van der Waals surface area contributed by atoms with Gasteiger partial charge in [-0.15, -0.1) is 0 Å². The van der Waals surface area contributed by atoms with Crippen molar-refractivity contribution in [2.45, 2.75) is 38.8 Å². The molecule has 0 amide bonds. The topological polar surface area (TPSA) is 53.9 Å². The highest BCUT2D eigenvalue weighted by atomic mass is 16.1. The fourth-order valence-electron chi connectivity index (χ4n) is 3.83. The molecule has 1 aromatic carbocycles. The van der Waals surface area contributed by atoms with E-state index < -0.39 is 0 Å². The molecule has 3 aromatic rings. The van der Waals surface area contributed by atoms with Gasteiger partial charge in [0.1, 0.15) is 0 Å². The zero-order valence-corrected chi connectivity index (χ0v) is 15.3. The molecule has 4 rings (SSSR count). The number of likely N-dealkylation sites (N-methyl/N-ethyl adjacent to an activating group) is 1. The average Bonchev–Trinajstić information content (AvgIpc) is 2.99. The van der Waals surface area contributed by atoms with Crippen LogP contribution in [0.25, 0.3) is 5.82 Å². The third-order valence-electron chi connectivity index (χ3n) is 5.26. The predicted molar refractivity (Wildman–Crippen MR) is 103 cm³/mol. The summed E-state index contributed by atoms with van der Waals surface area (Å²) in [6, 6.07) is 14.6. The fraction of sp³-hybridized carbons (Fsp3) is 0.333. The molecule has 5 heteroatoms. The molecule has 5 nitrogen and oxygen atoms in total. The summed E-state index contributed by atoms with van der Waals surface area (Å²) in [5.41, 5.74) is 4.60. The Bertz CT molecular complexity index is 958. The number of rotatable bonds is 4. The van der Waals surface area contributed by atoms with Gasteiger partial charge in [-0.25, -0.2) is 9.67 Å². The highest BCUT2D eigenvalue weighted by molar-refractivity contribution is 5.29. The standard InChI is InChI=1S/C21H24N4O/c1-15-6-5-7-16(12-15)14-24(2)17-9-10-19-18(13-17)21(26)25(23-19)20-8-3-4-11-22-20/h3-8,11-12,17,23H,9-10,13-14H2,1-2H3. The van der Waals surface area contributed by atoms with Gasteiger partial charge in [0, 0.05) is 30.0 Å². The highest BCUT2D eigenvalue weighted by Crippen LogP contribution is 2.22. The van der Waals surface area contributed by atoms with Crippen LogP contribution in [0.5, 0.6) is 0 Å². The van der Waals surface area contributed by atoms with E-state index in [1.54, 1.807) is 10.9 Å². The van der Waals surface area contributed by atoms with E-state index in [0.29, 0.717) is 11.9 Å². The Kier molecular flexibility index (Phi) is 4.47. The monoisotopic (exact) mass is 348 g/mol. The van der Waals surface area contributed by atoms with E-state index in [1.165, 1.54) is 11.1 Å². The van der Waals surface area contributed by atoms with Gasteiger partial charge in [-0.2, -0.15) is 0 Å². The van der Waals surface area contributed by atoms with Crippen molar-refractivity contribution in [1.82, 2.24) is 19.7 Å². The zero-order valence-electron chi connectivity index (χ0n) is 15.3. The number of H-pyrrole nitrogens is 1. The Morgan fingerprint density at radius 3 is 2.92 bits per heavy atom. The molecule has 1 unspecified atom stereocenters. The normalized spacial score (nSPS) is 16.7. The molecule has 0 saturated heterocycles. The maximum absolute atomic E-state index is 12.9. The summed E-state index contributed by atoms with van der Waals surface area (Å²) in [4.78, 5) is 19.5. The number of aromatic nitrogens is 3. The molecule has 1 atom stereocenters. The molecule has 1 N–H and O–H groups in total. The molecule has 2 aromatic heterocycles. The molecule has 0 fully saturated rings. The second kappa shape index (κ2) is 6.92. The lowest BCUT2D eigenvalue weighted by atomic mass is 9.92. The Hall–Kier alpha value is -2.66. The van der Waals surface area contributed by atoms with E-state index in [4.69, 9.17) is 0 Å². The second-order valence-corrected chi connectivity index (χ2v) is 7.20. The number of aryl methyl sites for hydroxylation is 2. The zero-order chi connectivity index (χ0) is 18.1. The molecule has 0 aliphatic heterocycles. The first-order valence-electron chi connectivity index (χ1n) is 9.12. The van der Waals surface area contributed by atoms with Crippen LogP contribution in [0.4, 0.5) is 0 Å². The quantitative estimate of drug-likeness (QED) is 0.789. The van der Waals surface area contributed by atoms with Crippen LogP contribution in [0.3, 0.4) is 0 Å². The van der Waals surface area contributed by atoms with Crippen molar-refractivity contribution in [1.29, 1.82) is 0 Å². The minimum atomic E-state index is 0.0346. The fourth-order valence-corrected chi connectivity index (χ4v) is 3.83. The largest absolute Gasteiger partial charge is 0.299 e. The van der Waals surface area contributed by atoms with Gasteiger partial charge in [-0.05, 0) is 50.9 Å². The Morgan fingerprint density at radius 2 is 2.15 bits per heavy atom. The van der Waals surface area contributed by atoms with E-state index in [-0.39, 0.29) is 5.56 Å². The summed E-state index contributed by atoms with van der Waals surface area (Å²) in [5.74, 6) is 0.650. The summed E-state index contributed by atoms with van der Waals surface area (Å²) < 4.78 is 1.58. The van der Waals surface area contributed by atoms with Gasteiger partial charge in [0.25, 0.3) is 5.56 Å². The number of fused-ring (bicyclic) bond motifs is 1. The summed E-state index contributed by atoms with van der Waals surface area (Å²) in [6.45, 7) is 3.02. The van der Waals surface area contributed by atoms with Crippen LogP contribution in [-0.4, -0.2) is 32.8 Å². The Morgan fingerprint density at radius 1 is 1.27 bits per heavy atom. The molecular formula is C21H24N4O. The van der Waals surface area contributed by atoms with E-state index in [2.05, 4.69) is 53.2 Å². The van der Waals surface area contributed by atoms with Gasteiger partial charge in [0.2, 0.25) is 0 Å². The van der Waals surface area contributed by atoms with Crippen LogP contribution in [-0.2, 0) is 19.4 Å². The number of hydrogen-bond acceptors (Lipinski definition) is 3. The van der Waals surface area contributed by atoms with Crippen LogP contribution < -0.4 is 5.56 Å². The second-order valence-electron chi connectivity index (χ2n) is 7.20. The van der Waals surface area contributed by atoms with E-state index in [9.17, 15) is 4.79 Å². The number of pyridine rings is 1. The van der Waals surface area contributed by atoms with Crippen molar-refractivity contribution < 1.29 is 0 Å². The number of nitrogens with zero attached hydrogens (tertiary/aromatic N) is 3. The van der Waals surface area contributed by atoms with Crippen LogP contribution in [0, 0.1) is 6.92 Å². The summed E-state index contributed by atoms with van der Waals surface area (Å²) in [7, 11) is 2.15. The van der Waals surface area contributed by atoms with Gasteiger partial charge in [0.05, 0.1) is 0 Å². The highest BCUT2D eigenvalue weighted by Gasteiger charge is 2.27. The van der Waals surface area contributed by atoms with Crippen molar-refractivity contribution in [3.63, 3.8) is 0 Å². The number of aromatic amines is 1. The van der Waals surface area contributed by atoms with Crippen molar-refractivity contribution in [2.24, 2.45) is 0 Å². The molecule has 2 heterocycles. The lowest BCUT2D eigenvalue weighted by molar-refractivity contribution is 0.213. The third kappa shape index (κ3) is 3.22. The first-order chi connectivity index (χ1) is 12.6. The number of hydrogen-bond donors (Lipinski definition) is 1. The molecule has 0 bridgehead atoms. The van der Waals surface area contributed by atoms with Crippen LogP contribution >= 0.6 is 0 Å². The van der Waals surface area contributed by atoms with Crippen molar-refractivity contribution in [3.8, 4) is 5.82 Å². The van der Waals surface area contributed by atoms with Gasteiger partial charge in [-0.3, -0.25) is 14.8 Å². The number of benzene rings is 1. The molecule has 1 aliphatic rings. The first kappa shape index (κ1) is 16.8. The summed E-state index contributed by atoms with van der Waals surface area (Å²) >= 11 is 0. The molecule has 1 aliphatic carbocycles. The van der Waals surface area contributed by atoms with E-state index >= 15 is 0 Å². The van der Waals surface area contributed by atoms with E-state index in [1.807, 2.05) is 18.2 Å². The van der Waals surface area contributed by atoms with Crippen LogP contribution in [0.2, 0.25) is 0 Å². The maximum Gasteiger partial charge on any atom is 0.276 e. The van der Waals surface area contributed by atoms with Gasteiger partial charge < -0.3 is 0 Å². The Labute approximate surface area is 153 Å². The van der Waals surface area contributed by atoms with Crippen molar-refractivity contribution in [2.75, 3.05) is 7.05 Å². The van der Waals surface area contributed by atoms with Gasteiger partial charge in [-0.1, -0.05) is 35.9 Å². The van der Waals surface area contributed by atoms with Gasteiger partial charge in [0.15, 0.2) is 5.82 Å². The van der Waals surface area contributed by atoms with Crippen LogP contribution in [0.1, 0.15) is 28.8 Å². The smallest absolute Gasteiger partial charge is 0.276 e. The SMILES string of the molecule is Cc1cccc(CN(C)C2CCc3[nH]n(-c4ccccn4)c(=O)c3C2)c1. The number of nitrogens with one attached hydrogen (secondary N) is 1. The molecule has 0 saturated carbocycles. The van der Waals surface area contributed by atoms with Crippen LogP contribution in [0.15, 0.2) is 53.5 Å². The molecule has 26 heavy (non-hydrogen) atoms. The lowest BCUT2D eigenvalue weighted by Gasteiger charge is -2.30. The van der Waals surface area contributed by atoms with Crippen molar-refractivity contribution >= 4 is 0 Å². The molecule has 134 valence electrons. The molecule has 0 spiro atoms. The van der Waals surface area contributed by atoms with Gasteiger partial charge >= 0.3 is 0 Å². The third-order valence-corrected chi connectivity index (χ3v) is 5.26. The molecule has 0 radical (unpaired) electrons.